The molecule has 2 aromatic heterocycles. The number of hydrogen-bond acceptors (Lipinski definition) is 6. The van der Waals surface area contributed by atoms with Crippen molar-refractivity contribution in [2.45, 2.75) is 51.4 Å². The van der Waals surface area contributed by atoms with Gasteiger partial charge in [-0.25, -0.2) is 14.8 Å². The number of carboxylic acid groups (broad SMARTS) is 1. The Labute approximate surface area is 166 Å². The van der Waals surface area contributed by atoms with Crippen LogP contribution in [-0.4, -0.2) is 71.4 Å². The predicted octanol–water partition coefficient (Wildman–Crippen LogP) is 2.91. The first-order valence-electron chi connectivity index (χ1n) is 9.75. The van der Waals surface area contributed by atoms with Crippen LogP contribution in [0.3, 0.4) is 0 Å². The molecule has 9 heteroatoms. The molecule has 0 radical (unpaired) electrons. The summed E-state index contributed by atoms with van der Waals surface area (Å²) < 4.78 is 13.4. The molecule has 0 unspecified atom stereocenters. The molecule has 1 aliphatic heterocycles. The molecule has 1 N–H and O–H groups in total. The number of piperidine rings is 1. The molecule has 3 heterocycles. The zero-order chi connectivity index (χ0) is 20.3. The molecule has 0 bridgehead atoms. The number of aromatic carboxylic acids is 1. The maximum atomic E-state index is 11.7. The molecule has 1 aliphatic rings. The highest BCUT2D eigenvalue weighted by Gasteiger charge is 2.21. The van der Waals surface area contributed by atoms with Crippen LogP contribution in [0.15, 0.2) is 12.4 Å². The fourth-order valence-electron chi connectivity index (χ4n) is 3.16. The second kappa shape index (κ2) is 8.58. The van der Waals surface area contributed by atoms with Gasteiger partial charge in [0.1, 0.15) is 23.9 Å². The summed E-state index contributed by atoms with van der Waals surface area (Å²) in [5, 5.41) is 9.55. The average Bonchev–Trinajstić information content (AvgIpc) is 2.98. The Bertz CT molecular complexity index is 825. The molecule has 2 aromatic rings. The lowest BCUT2D eigenvalue weighted by atomic mass is 10.1. The lowest BCUT2D eigenvalue weighted by Crippen LogP contribution is -2.35. The van der Waals surface area contributed by atoms with Crippen molar-refractivity contribution in [3.05, 3.63) is 18.0 Å². The van der Waals surface area contributed by atoms with Crippen LogP contribution in [0, 0.1) is 0 Å². The van der Waals surface area contributed by atoms with Crippen molar-refractivity contribution in [1.82, 2.24) is 19.4 Å². The molecule has 0 aliphatic carbocycles. The summed E-state index contributed by atoms with van der Waals surface area (Å²) in [5.41, 5.74) is 0.956. The quantitative estimate of drug-likeness (QED) is 0.532. The van der Waals surface area contributed by atoms with E-state index in [1.165, 1.54) is 0 Å². The Morgan fingerprint density at radius 1 is 1.32 bits per heavy atom. The van der Waals surface area contributed by atoms with Gasteiger partial charge in [0.25, 0.3) is 0 Å². The molecular weight excluding hydrogens is 376 g/mol. The van der Waals surface area contributed by atoms with E-state index in [4.69, 9.17) is 9.47 Å². The van der Waals surface area contributed by atoms with Crippen molar-refractivity contribution in [1.29, 1.82) is 0 Å². The van der Waals surface area contributed by atoms with Gasteiger partial charge in [-0.15, -0.1) is 0 Å². The molecule has 0 aromatic carbocycles. The number of ether oxygens (including phenoxy) is 2. The van der Waals surface area contributed by atoms with E-state index < -0.39 is 14.0 Å². The number of likely N-dealkylation sites (tertiary alicyclic amines) is 1. The first-order valence-corrected chi connectivity index (χ1v) is 13.5. The molecule has 0 spiro atoms. The van der Waals surface area contributed by atoms with Gasteiger partial charge in [0.15, 0.2) is 5.65 Å². The summed E-state index contributed by atoms with van der Waals surface area (Å²) >= 11 is 0. The van der Waals surface area contributed by atoms with Gasteiger partial charge in [-0.05, 0) is 25.9 Å². The zero-order valence-electron chi connectivity index (χ0n) is 17.1. The van der Waals surface area contributed by atoms with Crippen molar-refractivity contribution >= 4 is 25.2 Å². The van der Waals surface area contributed by atoms with E-state index in [1.807, 2.05) is 0 Å². The molecule has 0 saturated carbocycles. The lowest BCUT2D eigenvalue weighted by molar-refractivity contribution is 0.0696. The van der Waals surface area contributed by atoms with Crippen molar-refractivity contribution in [3.8, 4) is 5.88 Å². The van der Waals surface area contributed by atoms with E-state index in [2.05, 4.69) is 41.6 Å². The predicted molar refractivity (Wildman–Crippen MR) is 110 cm³/mol. The Morgan fingerprint density at radius 3 is 2.68 bits per heavy atom. The van der Waals surface area contributed by atoms with Crippen molar-refractivity contribution in [2.24, 2.45) is 0 Å². The minimum atomic E-state index is -1.17. The average molecular weight is 407 g/mol. The van der Waals surface area contributed by atoms with E-state index in [9.17, 15) is 9.90 Å². The second-order valence-corrected chi connectivity index (χ2v) is 14.3. The summed E-state index contributed by atoms with van der Waals surface area (Å²) in [4.78, 5) is 22.8. The van der Waals surface area contributed by atoms with E-state index >= 15 is 0 Å². The third-order valence-corrected chi connectivity index (χ3v) is 6.66. The van der Waals surface area contributed by atoms with E-state index in [-0.39, 0.29) is 18.4 Å². The Balaban J connectivity index is 1.74. The molecule has 0 atom stereocenters. The summed E-state index contributed by atoms with van der Waals surface area (Å²) in [7, 11) is 0.922. The number of carbonyl (C=O) groups is 1. The normalized spacial score (nSPS) is 16.6. The first-order chi connectivity index (χ1) is 13.2. The number of nitrogens with zero attached hydrogens (tertiary/aromatic N) is 4. The van der Waals surface area contributed by atoms with Gasteiger partial charge in [0.2, 0.25) is 5.88 Å². The molecular formula is C19H30N4O4Si. The van der Waals surface area contributed by atoms with Gasteiger partial charge in [-0.3, -0.25) is 0 Å². The zero-order valence-corrected chi connectivity index (χ0v) is 18.1. The second-order valence-electron chi connectivity index (χ2n) is 8.67. The molecule has 3 rings (SSSR count). The van der Waals surface area contributed by atoms with Crippen LogP contribution in [-0.2, 0) is 11.5 Å². The summed E-state index contributed by atoms with van der Waals surface area (Å²) in [6, 6.07) is 1.05. The van der Waals surface area contributed by atoms with Gasteiger partial charge in [-0.2, -0.15) is 0 Å². The van der Waals surface area contributed by atoms with Gasteiger partial charge < -0.3 is 24.0 Å². The smallest absolute Gasteiger partial charge is 0.339 e. The number of fused-ring (bicyclic) bond motifs is 1. The molecule has 28 heavy (non-hydrogen) atoms. The number of aromatic nitrogens is 3. The Morgan fingerprint density at radius 2 is 2.04 bits per heavy atom. The Hall–Kier alpha value is -1.97. The lowest BCUT2D eigenvalue weighted by Gasteiger charge is -2.28. The SMILES string of the molecule is CN1CCC(Oc2cnc3c(n2)c(C(=O)O)cn3COCC[Si](C)(C)C)CC1. The first kappa shape index (κ1) is 20.8. The van der Waals surface area contributed by atoms with Gasteiger partial charge in [-0.1, -0.05) is 19.6 Å². The number of carboxylic acids is 1. The highest BCUT2D eigenvalue weighted by Crippen LogP contribution is 2.23. The van der Waals surface area contributed by atoms with E-state index in [1.54, 1.807) is 17.0 Å². The third kappa shape index (κ3) is 5.30. The standard InChI is InChI=1S/C19H30N4O4Si/c1-22-7-5-14(6-8-22)27-16-11-20-18-17(21-16)15(19(24)25)12-23(18)13-26-9-10-28(2,3)4/h11-12,14H,5-10,13H2,1-4H3,(H,24,25). The van der Waals surface area contributed by atoms with Crippen LogP contribution in [0.1, 0.15) is 23.2 Å². The number of rotatable bonds is 8. The summed E-state index contributed by atoms with van der Waals surface area (Å²) in [6.07, 6.45) is 5.05. The maximum absolute atomic E-state index is 11.7. The van der Waals surface area contributed by atoms with Crippen molar-refractivity contribution < 1.29 is 19.4 Å². The van der Waals surface area contributed by atoms with Gasteiger partial charge in [0.05, 0.1) is 6.20 Å². The van der Waals surface area contributed by atoms with Gasteiger partial charge in [0, 0.05) is 34.0 Å². The van der Waals surface area contributed by atoms with Crippen LogP contribution in [0.25, 0.3) is 11.2 Å². The molecule has 0 amide bonds. The highest BCUT2D eigenvalue weighted by molar-refractivity contribution is 6.76. The third-order valence-electron chi connectivity index (χ3n) is 4.95. The van der Waals surface area contributed by atoms with Crippen LogP contribution in [0.4, 0.5) is 0 Å². The molecule has 8 nitrogen and oxygen atoms in total. The van der Waals surface area contributed by atoms with Crippen LogP contribution >= 0.6 is 0 Å². The highest BCUT2D eigenvalue weighted by atomic mass is 28.3. The molecule has 1 fully saturated rings. The van der Waals surface area contributed by atoms with E-state index in [0.29, 0.717) is 23.7 Å². The molecule has 1 saturated heterocycles. The van der Waals surface area contributed by atoms with Crippen LogP contribution in [0.5, 0.6) is 5.88 Å². The van der Waals surface area contributed by atoms with Crippen molar-refractivity contribution in [2.75, 3.05) is 26.7 Å². The minimum Gasteiger partial charge on any atom is -0.478 e. The Kier molecular flexibility index (Phi) is 6.36. The van der Waals surface area contributed by atoms with E-state index in [0.717, 1.165) is 32.0 Å². The summed E-state index contributed by atoms with van der Waals surface area (Å²) in [6.45, 7) is 9.75. The topological polar surface area (TPSA) is 89.7 Å². The van der Waals surface area contributed by atoms with Crippen LogP contribution < -0.4 is 4.74 Å². The fraction of sp³-hybridized carbons (Fsp3) is 0.632. The number of hydrogen-bond donors (Lipinski definition) is 1. The van der Waals surface area contributed by atoms with Gasteiger partial charge >= 0.3 is 5.97 Å². The fourth-order valence-corrected chi connectivity index (χ4v) is 3.92. The maximum Gasteiger partial charge on any atom is 0.339 e. The van der Waals surface area contributed by atoms with Crippen molar-refractivity contribution in [3.63, 3.8) is 0 Å². The summed E-state index contributed by atoms with van der Waals surface area (Å²) in [5.74, 6) is -0.654. The monoisotopic (exact) mass is 406 g/mol. The largest absolute Gasteiger partial charge is 0.478 e. The molecule has 154 valence electrons. The van der Waals surface area contributed by atoms with Crippen LogP contribution in [0.2, 0.25) is 25.7 Å². The minimum absolute atomic E-state index is 0.0863.